The van der Waals surface area contributed by atoms with Crippen LogP contribution in [-0.2, 0) is 0 Å². The zero-order valence-corrected chi connectivity index (χ0v) is 11.6. The van der Waals surface area contributed by atoms with Crippen LogP contribution >= 0.6 is 11.9 Å². The van der Waals surface area contributed by atoms with Crippen LogP contribution in [0, 0.1) is 0 Å². The summed E-state index contributed by atoms with van der Waals surface area (Å²) in [5.74, 6) is 0. The molecule has 0 radical (unpaired) electrons. The summed E-state index contributed by atoms with van der Waals surface area (Å²) in [6, 6.07) is 0. The number of nitrogens with one attached hydrogen (secondary N) is 1. The fourth-order valence-corrected chi connectivity index (χ4v) is 3.82. The first kappa shape index (κ1) is 12.7. The highest BCUT2D eigenvalue weighted by Crippen LogP contribution is 2.59. The highest BCUT2D eigenvalue weighted by atomic mass is 32.2. The molecule has 3 heteroatoms. The van der Waals surface area contributed by atoms with Crippen LogP contribution in [0.3, 0.4) is 0 Å². The predicted octanol–water partition coefficient (Wildman–Crippen LogP) is 3.25. The Morgan fingerprint density at radius 2 is 1.56 bits per heavy atom. The van der Waals surface area contributed by atoms with Crippen molar-refractivity contribution < 1.29 is 5.11 Å². The van der Waals surface area contributed by atoms with Crippen molar-refractivity contribution >= 4 is 11.9 Å². The minimum atomic E-state index is -0.395. The molecule has 16 heavy (non-hydrogen) atoms. The minimum absolute atomic E-state index is 0.126. The molecule has 2 rings (SSSR count). The molecule has 2 aliphatic rings. The fraction of sp³-hybridized carbons (Fsp3) is 1.00. The molecule has 0 amide bonds. The Bertz CT molecular complexity index is 249. The van der Waals surface area contributed by atoms with Gasteiger partial charge in [0.25, 0.3) is 0 Å². The third-order valence-corrected chi connectivity index (χ3v) is 5.68. The van der Waals surface area contributed by atoms with E-state index in [0.717, 1.165) is 12.8 Å². The molecule has 2 N–H and O–H groups in total. The highest BCUT2D eigenvalue weighted by molar-refractivity contribution is 7.99. The van der Waals surface area contributed by atoms with Gasteiger partial charge in [0.15, 0.2) is 0 Å². The number of hydrogen-bond acceptors (Lipinski definition) is 3. The van der Waals surface area contributed by atoms with Gasteiger partial charge in [-0.05, 0) is 46.5 Å². The Hall–Kier alpha value is 0.270. The topological polar surface area (TPSA) is 32.3 Å². The molecule has 2 nitrogen and oxygen atoms in total. The highest BCUT2D eigenvalue weighted by Gasteiger charge is 2.59. The van der Waals surface area contributed by atoms with Crippen LogP contribution in [0.1, 0.15) is 65.7 Å². The Morgan fingerprint density at radius 1 is 1.00 bits per heavy atom. The molecule has 0 heterocycles. The van der Waals surface area contributed by atoms with E-state index in [0.29, 0.717) is 0 Å². The number of hydrogen-bond donors (Lipinski definition) is 2. The summed E-state index contributed by atoms with van der Waals surface area (Å²) in [5.41, 5.74) is -0.264. The van der Waals surface area contributed by atoms with Crippen LogP contribution in [0.15, 0.2) is 0 Å². The van der Waals surface area contributed by atoms with Crippen molar-refractivity contribution in [3.8, 4) is 0 Å². The zero-order valence-electron chi connectivity index (χ0n) is 10.8. The van der Waals surface area contributed by atoms with Gasteiger partial charge in [-0.25, -0.2) is 0 Å². The van der Waals surface area contributed by atoms with E-state index in [1.54, 1.807) is 11.9 Å². The Morgan fingerprint density at radius 3 is 2.00 bits per heavy atom. The van der Waals surface area contributed by atoms with E-state index in [9.17, 15) is 5.11 Å². The Labute approximate surface area is 104 Å². The normalized spacial score (nSPS) is 27.8. The van der Waals surface area contributed by atoms with Crippen molar-refractivity contribution in [3.05, 3.63) is 0 Å². The van der Waals surface area contributed by atoms with E-state index in [1.807, 2.05) is 0 Å². The van der Waals surface area contributed by atoms with Crippen LogP contribution < -0.4 is 4.72 Å². The Balaban J connectivity index is 1.96. The van der Waals surface area contributed by atoms with Crippen molar-refractivity contribution in [1.29, 1.82) is 0 Å². The van der Waals surface area contributed by atoms with Gasteiger partial charge in [-0.1, -0.05) is 31.2 Å². The van der Waals surface area contributed by atoms with Gasteiger partial charge in [-0.2, -0.15) is 0 Å². The second-order valence-electron chi connectivity index (χ2n) is 6.54. The second-order valence-corrected chi connectivity index (χ2v) is 7.73. The molecule has 0 aromatic carbocycles. The van der Waals surface area contributed by atoms with E-state index in [4.69, 9.17) is 0 Å². The third-order valence-electron chi connectivity index (χ3n) is 3.79. The lowest BCUT2D eigenvalue weighted by atomic mass is 9.81. The maximum absolute atomic E-state index is 10.8. The van der Waals surface area contributed by atoms with Gasteiger partial charge in [0.2, 0.25) is 0 Å². The van der Waals surface area contributed by atoms with Crippen LogP contribution in [0.2, 0.25) is 0 Å². The summed E-state index contributed by atoms with van der Waals surface area (Å²) in [4.78, 5) is 0. The van der Waals surface area contributed by atoms with E-state index in [-0.39, 0.29) is 10.3 Å². The average molecular weight is 243 g/mol. The lowest BCUT2D eigenvalue weighted by molar-refractivity contribution is -0.00519. The first-order valence-electron chi connectivity index (χ1n) is 6.55. The number of rotatable bonds is 3. The second kappa shape index (κ2) is 4.18. The van der Waals surface area contributed by atoms with Gasteiger partial charge in [-0.3, -0.25) is 4.72 Å². The lowest BCUT2D eigenvalue weighted by Crippen LogP contribution is -2.47. The zero-order chi connectivity index (χ0) is 11.9. The van der Waals surface area contributed by atoms with Gasteiger partial charge in [0.1, 0.15) is 0 Å². The van der Waals surface area contributed by atoms with Crippen molar-refractivity contribution in [2.75, 3.05) is 0 Å². The van der Waals surface area contributed by atoms with Gasteiger partial charge < -0.3 is 5.11 Å². The molecule has 0 unspecified atom stereocenters. The van der Waals surface area contributed by atoms with Crippen LogP contribution in [0.4, 0.5) is 0 Å². The molecule has 0 saturated heterocycles. The quantitative estimate of drug-likeness (QED) is 0.746. The summed E-state index contributed by atoms with van der Waals surface area (Å²) in [6.07, 6.45) is 8.07. The monoisotopic (exact) mass is 243 g/mol. The molecule has 2 saturated carbocycles. The van der Waals surface area contributed by atoms with E-state index >= 15 is 0 Å². The van der Waals surface area contributed by atoms with Crippen LogP contribution in [0.25, 0.3) is 0 Å². The molecule has 94 valence electrons. The average Bonchev–Trinajstić information content (AvgIpc) is 2.96. The molecule has 0 aromatic rings. The molecule has 0 aromatic heterocycles. The van der Waals surface area contributed by atoms with E-state index < -0.39 is 5.60 Å². The van der Waals surface area contributed by atoms with Crippen molar-refractivity contribution in [3.63, 3.8) is 0 Å². The molecule has 0 spiro atoms. The van der Waals surface area contributed by atoms with Gasteiger partial charge >= 0.3 is 0 Å². The predicted molar refractivity (Wildman–Crippen MR) is 70.5 cm³/mol. The van der Waals surface area contributed by atoms with E-state index in [1.165, 1.54) is 32.1 Å². The van der Waals surface area contributed by atoms with Crippen molar-refractivity contribution in [2.45, 2.75) is 81.6 Å². The first-order chi connectivity index (χ1) is 7.37. The SMILES string of the molecule is CC(C)(C)NSC1(C2(O)CCCCC2)CC1. The maximum Gasteiger partial charge on any atom is 0.0806 e. The van der Waals surface area contributed by atoms with Crippen molar-refractivity contribution in [1.82, 2.24) is 4.72 Å². The smallest absolute Gasteiger partial charge is 0.0806 e. The van der Waals surface area contributed by atoms with E-state index in [2.05, 4.69) is 25.5 Å². The molecule has 0 aliphatic heterocycles. The van der Waals surface area contributed by atoms with Crippen molar-refractivity contribution in [2.24, 2.45) is 0 Å². The standard InChI is InChI=1S/C13H25NOS/c1-11(2,3)14-16-13(9-10-13)12(15)7-5-4-6-8-12/h14-15H,4-10H2,1-3H3. The summed E-state index contributed by atoms with van der Waals surface area (Å²) in [5, 5.41) is 10.8. The Kier molecular flexibility index (Phi) is 3.32. The summed E-state index contributed by atoms with van der Waals surface area (Å²) in [6.45, 7) is 6.54. The van der Waals surface area contributed by atoms with Gasteiger partial charge in [-0.15, -0.1) is 0 Å². The molecular formula is C13H25NOS. The van der Waals surface area contributed by atoms with Crippen LogP contribution in [-0.4, -0.2) is 21.0 Å². The number of aliphatic hydroxyl groups is 1. The lowest BCUT2D eigenvalue weighted by Gasteiger charge is -2.40. The molecule has 0 bridgehead atoms. The summed E-state index contributed by atoms with van der Waals surface area (Å²) >= 11 is 1.80. The minimum Gasteiger partial charge on any atom is -0.388 e. The molecule has 0 atom stereocenters. The summed E-state index contributed by atoms with van der Waals surface area (Å²) < 4.78 is 3.63. The third kappa shape index (κ3) is 2.57. The van der Waals surface area contributed by atoms with Gasteiger partial charge in [0, 0.05) is 5.54 Å². The fourth-order valence-electron chi connectivity index (χ4n) is 2.62. The van der Waals surface area contributed by atoms with Crippen LogP contribution in [0.5, 0.6) is 0 Å². The largest absolute Gasteiger partial charge is 0.388 e. The van der Waals surface area contributed by atoms with Gasteiger partial charge in [0.05, 0.1) is 10.3 Å². The molecular weight excluding hydrogens is 218 g/mol. The molecule has 2 fully saturated rings. The summed E-state index contributed by atoms with van der Waals surface area (Å²) in [7, 11) is 0. The maximum atomic E-state index is 10.8. The first-order valence-corrected chi connectivity index (χ1v) is 7.36. The molecule has 2 aliphatic carbocycles.